The summed E-state index contributed by atoms with van der Waals surface area (Å²) in [5, 5.41) is 0. The zero-order valence-electron chi connectivity index (χ0n) is 11.8. The zero-order valence-corrected chi connectivity index (χ0v) is 12.6. The lowest BCUT2D eigenvalue weighted by atomic mass is 10.2. The van der Waals surface area contributed by atoms with E-state index < -0.39 is 10.0 Å². The van der Waals surface area contributed by atoms with Crippen LogP contribution in [-0.4, -0.2) is 12.7 Å². The average molecular weight is 299 g/mol. The van der Waals surface area contributed by atoms with E-state index in [4.69, 9.17) is 0 Å². The quantitative estimate of drug-likeness (QED) is 0.794. The number of nitrogens with zero attached hydrogens (tertiary/aromatic N) is 1. The normalized spacial score (nSPS) is 15.6. The fourth-order valence-electron chi connectivity index (χ4n) is 1.95. The van der Waals surface area contributed by atoms with Crippen molar-refractivity contribution in [2.75, 3.05) is 0 Å². The summed E-state index contributed by atoms with van der Waals surface area (Å²) < 4.78 is 26.9. The van der Waals surface area contributed by atoms with Gasteiger partial charge in [-0.15, -0.1) is 0 Å². The smallest absolute Gasteiger partial charge is 0.242 e. The van der Waals surface area contributed by atoms with Crippen molar-refractivity contribution in [3.63, 3.8) is 0 Å². The molecule has 1 aromatic rings. The molecule has 2 rings (SSSR count). The monoisotopic (exact) mass is 299 g/mol. The summed E-state index contributed by atoms with van der Waals surface area (Å²) >= 11 is 0. The van der Waals surface area contributed by atoms with Crippen LogP contribution >= 0.6 is 0 Å². The predicted molar refractivity (Wildman–Crippen MR) is 85.8 cm³/mol. The van der Waals surface area contributed by atoms with Crippen LogP contribution in [0.1, 0.15) is 6.92 Å². The molecule has 0 amide bonds. The Morgan fingerprint density at radius 1 is 1.14 bits per heavy atom. The summed E-state index contributed by atoms with van der Waals surface area (Å²) in [6, 6.07) is 8.39. The minimum absolute atomic E-state index is 0.258. The van der Waals surface area contributed by atoms with E-state index in [-0.39, 0.29) is 4.90 Å². The molecule has 4 heteroatoms. The first kappa shape index (κ1) is 15.1. The van der Waals surface area contributed by atoms with Crippen molar-refractivity contribution in [1.82, 2.24) is 4.31 Å². The standard InChI is InChI=1S/C17H17NO2S/c1-3-4-13-17-15(2)10-8-9-14-18(17)21(19,20)16-11-6-5-7-12-16/h3-14H,1H2,2H3. The Hall–Kier alpha value is -2.33. The highest BCUT2D eigenvalue weighted by Gasteiger charge is 2.24. The Labute approximate surface area is 126 Å². The van der Waals surface area contributed by atoms with Gasteiger partial charge in [-0.2, -0.15) is 0 Å². The molecule has 108 valence electrons. The summed E-state index contributed by atoms with van der Waals surface area (Å²) in [5.74, 6) is 0. The highest BCUT2D eigenvalue weighted by Crippen LogP contribution is 2.25. The molecule has 1 heterocycles. The van der Waals surface area contributed by atoms with Gasteiger partial charge in [-0.25, -0.2) is 12.7 Å². The summed E-state index contributed by atoms with van der Waals surface area (Å²) in [5.41, 5.74) is 1.46. The summed E-state index contributed by atoms with van der Waals surface area (Å²) in [6.45, 7) is 5.50. The Bertz CT molecular complexity index is 738. The first-order chi connectivity index (χ1) is 10.1. The molecule has 0 saturated carbocycles. The number of hydrogen-bond donors (Lipinski definition) is 0. The van der Waals surface area contributed by atoms with Gasteiger partial charge in [0.2, 0.25) is 0 Å². The Morgan fingerprint density at radius 3 is 2.52 bits per heavy atom. The first-order valence-electron chi connectivity index (χ1n) is 6.51. The van der Waals surface area contributed by atoms with Crippen LogP contribution in [0.5, 0.6) is 0 Å². The number of sulfonamides is 1. The van der Waals surface area contributed by atoms with Crippen LogP contribution in [0.4, 0.5) is 0 Å². The highest BCUT2D eigenvalue weighted by atomic mass is 32.2. The molecule has 0 aromatic heterocycles. The third kappa shape index (κ3) is 3.23. The van der Waals surface area contributed by atoms with Gasteiger partial charge < -0.3 is 0 Å². The van der Waals surface area contributed by atoms with Crippen molar-refractivity contribution in [2.24, 2.45) is 0 Å². The van der Waals surface area contributed by atoms with Crippen molar-refractivity contribution in [1.29, 1.82) is 0 Å². The van der Waals surface area contributed by atoms with Gasteiger partial charge in [0, 0.05) is 6.20 Å². The van der Waals surface area contributed by atoms with Crippen LogP contribution in [-0.2, 0) is 10.0 Å². The number of benzene rings is 1. The lowest BCUT2D eigenvalue weighted by molar-refractivity contribution is 0.544. The van der Waals surface area contributed by atoms with E-state index in [2.05, 4.69) is 6.58 Å². The zero-order chi connectivity index (χ0) is 15.3. The van der Waals surface area contributed by atoms with Gasteiger partial charge in [-0.1, -0.05) is 49.1 Å². The molecule has 0 atom stereocenters. The van der Waals surface area contributed by atoms with Crippen LogP contribution < -0.4 is 0 Å². The molecular formula is C17H17NO2S. The fraction of sp³-hybridized carbons (Fsp3) is 0.0588. The molecule has 0 spiro atoms. The first-order valence-corrected chi connectivity index (χ1v) is 7.95. The second-order valence-electron chi connectivity index (χ2n) is 4.48. The van der Waals surface area contributed by atoms with E-state index >= 15 is 0 Å². The van der Waals surface area contributed by atoms with E-state index in [1.54, 1.807) is 60.8 Å². The van der Waals surface area contributed by atoms with Crippen molar-refractivity contribution in [3.8, 4) is 0 Å². The van der Waals surface area contributed by atoms with Crippen molar-refractivity contribution >= 4 is 10.0 Å². The molecule has 0 aliphatic carbocycles. The third-order valence-electron chi connectivity index (χ3n) is 3.01. The molecule has 1 aliphatic rings. The van der Waals surface area contributed by atoms with Gasteiger partial charge >= 0.3 is 0 Å². The van der Waals surface area contributed by atoms with E-state index in [1.807, 2.05) is 19.1 Å². The molecular weight excluding hydrogens is 282 g/mol. The average Bonchev–Trinajstić information content (AvgIpc) is 2.68. The van der Waals surface area contributed by atoms with Crippen molar-refractivity contribution in [3.05, 3.63) is 90.8 Å². The van der Waals surface area contributed by atoms with Crippen LogP contribution in [0.3, 0.4) is 0 Å². The minimum Gasteiger partial charge on any atom is -0.242 e. The van der Waals surface area contributed by atoms with Crippen LogP contribution in [0.2, 0.25) is 0 Å². The molecule has 0 radical (unpaired) electrons. The van der Waals surface area contributed by atoms with E-state index in [0.29, 0.717) is 5.70 Å². The Balaban J connectivity index is 2.57. The van der Waals surface area contributed by atoms with Gasteiger partial charge in [0.25, 0.3) is 10.0 Å². The van der Waals surface area contributed by atoms with E-state index in [1.165, 1.54) is 4.31 Å². The molecule has 0 fully saturated rings. The Kier molecular flexibility index (Phi) is 4.60. The van der Waals surface area contributed by atoms with Gasteiger partial charge in [0.1, 0.15) is 0 Å². The molecule has 0 bridgehead atoms. The van der Waals surface area contributed by atoms with Crippen LogP contribution in [0.25, 0.3) is 0 Å². The van der Waals surface area contributed by atoms with Gasteiger partial charge in [0.05, 0.1) is 10.6 Å². The van der Waals surface area contributed by atoms with E-state index in [9.17, 15) is 8.42 Å². The summed E-state index contributed by atoms with van der Waals surface area (Å²) in [6.07, 6.45) is 12.0. The molecule has 3 nitrogen and oxygen atoms in total. The predicted octanol–water partition coefficient (Wildman–Crippen LogP) is 3.78. The van der Waals surface area contributed by atoms with Gasteiger partial charge in [-0.05, 0) is 36.8 Å². The minimum atomic E-state index is -3.63. The number of hydrogen-bond acceptors (Lipinski definition) is 2. The SMILES string of the molecule is C=CC=CC1=C(C)C=CC=CN1S(=O)(=O)c1ccccc1. The maximum Gasteiger partial charge on any atom is 0.268 e. The molecule has 1 aromatic carbocycles. The number of rotatable bonds is 4. The highest BCUT2D eigenvalue weighted by molar-refractivity contribution is 7.89. The van der Waals surface area contributed by atoms with Crippen molar-refractivity contribution < 1.29 is 8.42 Å². The molecule has 21 heavy (non-hydrogen) atoms. The fourth-order valence-corrected chi connectivity index (χ4v) is 3.37. The molecule has 0 N–H and O–H groups in total. The maximum absolute atomic E-state index is 12.8. The lowest BCUT2D eigenvalue weighted by Gasteiger charge is -2.22. The largest absolute Gasteiger partial charge is 0.268 e. The lowest BCUT2D eigenvalue weighted by Crippen LogP contribution is -2.25. The van der Waals surface area contributed by atoms with Crippen LogP contribution in [0, 0.1) is 0 Å². The van der Waals surface area contributed by atoms with Gasteiger partial charge in [-0.3, -0.25) is 0 Å². The van der Waals surface area contributed by atoms with Crippen molar-refractivity contribution in [2.45, 2.75) is 11.8 Å². The summed E-state index contributed by atoms with van der Waals surface area (Å²) in [7, 11) is -3.63. The second-order valence-corrected chi connectivity index (χ2v) is 6.29. The molecule has 0 saturated heterocycles. The summed E-state index contributed by atoms with van der Waals surface area (Å²) in [4.78, 5) is 0.258. The Morgan fingerprint density at radius 2 is 1.86 bits per heavy atom. The number of allylic oxidation sites excluding steroid dienone is 7. The second kappa shape index (κ2) is 6.41. The van der Waals surface area contributed by atoms with E-state index in [0.717, 1.165) is 5.57 Å². The topological polar surface area (TPSA) is 37.4 Å². The van der Waals surface area contributed by atoms with Crippen LogP contribution in [0.15, 0.2) is 95.7 Å². The van der Waals surface area contributed by atoms with Gasteiger partial charge in [0.15, 0.2) is 0 Å². The molecule has 0 unspecified atom stereocenters. The third-order valence-corrected chi connectivity index (χ3v) is 4.71. The molecule has 1 aliphatic heterocycles. The maximum atomic E-state index is 12.8.